The van der Waals surface area contributed by atoms with Crippen LogP contribution in [-0.4, -0.2) is 26.8 Å². The van der Waals surface area contributed by atoms with Crippen LogP contribution in [0, 0.1) is 17.8 Å². The first-order valence-corrected chi connectivity index (χ1v) is 6.61. The largest absolute Gasteiger partial charge is 0.385 e. The van der Waals surface area contributed by atoms with E-state index in [2.05, 4.69) is 5.32 Å². The third-order valence-electron chi connectivity index (χ3n) is 4.33. The van der Waals surface area contributed by atoms with E-state index < -0.39 is 0 Å². The van der Waals surface area contributed by atoms with Crippen molar-refractivity contribution in [1.82, 2.24) is 5.32 Å². The van der Waals surface area contributed by atoms with Gasteiger partial charge in [-0.05, 0) is 37.3 Å². The second-order valence-corrected chi connectivity index (χ2v) is 5.26. The predicted octanol–water partition coefficient (Wildman–Crippen LogP) is 2.44. The van der Waals surface area contributed by atoms with Crippen molar-refractivity contribution < 1.29 is 4.74 Å². The molecule has 88 valence electrons. The minimum absolute atomic E-state index is 0.937. The second-order valence-electron chi connectivity index (χ2n) is 5.26. The maximum atomic E-state index is 5.26. The molecule has 15 heavy (non-hydrogen) atoms. The van der Waals surface area contributed by atoms with Crippen molar-refractivity contribution in [3.8, 4) is 0 Å². The Morgan fingerprint density at radius 1 is 1.13 bits per heavy atom. The maximum Gasteiger partial charge on any atom is 0.0465 e. The first-order chi connectivity index (χ1) is 7.42. The Kier molecular flexibility index (Phi) is 4.45. The van der Waals surface area contributed by atoms with Crippen LogP contribution in [-0.2, 0) is 4.74 Å². The first-order valence-electron chi connectivity index (χ1n) is 6.61. The molecule has 2 aliphatic rings. The second kappa shape index (κ2) is 5.86. The van der Waals surface area contributed by atoms with Crippen molar-refractivity contribution in [1.29, 1.82) is 0 Å². The minimum Gasteiger partial charge on any atom is -0.385 e. The Morgan fingerprint density at radius 3 is 2.40 bits per heavy atom. The monoisotopic (exact) mass is 211 g/mol. The Labute approximate surface area is 93.8 Å². The van der Waals surface area contributed by atoms with E-state index in [9.17, 15) is 0 Å². The fourth-order valence-electron chi connectivity index (χ4n) is 3.29. The molecule has 1 saturated heterocycles. The molecule has 0 aromatic carbocycles. The van der Waals surface area contributed by atoms with Crippen molar-refractivity contribution in [2.75, 3.05) is 26.8 Å². The van der Waals surface area contributed by atoms with Crippen LogP contribution in [0.25, 0.3) is 0 Å². The van der Waals surface area contributed by atoms with Crippen LogP contribution in [0.4, 0.5) is 0 Å². The van der Waals surface area contributed by atoms with E-state index in [-0.39, 0.29) is 0 Å². The highest BCUT2D eigenvalue weighted by Crippen LogP contribution is 2.37. The van der Waals surface area contributed by atoms with Crippen LogP contribution in [0.15, 0.2) is 0 Å². The molecule has 1 aliphatic carbocycles. The Morgan fingerprint density at radius 2 is 1.87 bits per heavy atom. The molecule has 0 aromatic rings. The molecular formula is C13H25NO. The van der Waals surface area contributed by atoms with Crippen LogP contribution in [0.1, 0.15) is 38.5 Å². The topological polar surface area (TPSA) is 21.3 Å². The molecule has 0 spiro atoms. The molecule has 2 heteroatoms. The Bertz CT molecular complexity index is 173. The molecule has 1 aliphatic heterocycles. The SMILES string of the molecule is COCCC(C1CCCCC1)C1CNC1. The van der Waals surface area contributed by atoms with Gasteiger partial charge in [0, 0.05) is 13.7 Å². The van der Waals surface area contributed by atoms with Gasteiger partial charge in [0.25, 0.3) is 0 Å². The Balaban J connectivity index is 1.84. The molecule has 2 fully saturated rings. The zero-order chi connectivity index (χ0) is 10.5. The van der Waals surface area contributed by atoms with Crippen molar-refractivity contribution >= 4 is 0 Å². The summed E-state index contributed by atoms with van der Waals surface area (Å²) in [5, 5.41) is 3.42. The summed E-state index contributed by atoms with van der Waals surface area (Å²) in [5.74, 6) is 2.88. The van der Waals surface area contributed by atoms with Crippen molar-refractivity contribution in [2.45, 2.75) is 38.5 Å². The number of rotatable bonds is 5. The minimum atomic E-state index is 0.937. The lowest BCUT2D eigenvalue weighted by molar-refractivity contribution is 0.0882. The van der Waals surface area contributed by atoms with Crippen molar-refractivity contribution in [3.63, 3.8) is 0 Å². The van der Waals surface area contributed by atoms with E-state index >= 15 is 0 Å². The summed E-state index contributed by atoms with van der Waals surface area (Å²) in [6.07, 6.45) is 8.64. The van der Waals surface area contributed by atoms with Gasteiger partial charge in [-0.2, -0.15) is 0 Å². The van der Waals surface area contributed by atoms with E-state index in [0.717, 1.165) is 24.4 Å². The van der Waals surface area contributed by atoms with Crippen LogP contribution < -0.4 is 5.32 Å². The normalized spacial score (nSPS) is 26.2. The molecule has 0 amide bonds. The summed E-state index contributed by atoms with van der Waals surface area (Å²) < 4.78 is 5.26. The molecular weight excluding hydrogens is 186 g/mol. The number of nitrogens with one attached hydrogen (secondary N) is 1. The zero-order valence-corrected chi connectivity index (χ0v) is 10.0. The average molecular weight is 211 g/mol. The number of ether oxygens (including phenoxy) is 1. The van der Waals surface area contributed by atoms with Gasteiger partial charge < -0.3 is 10.1 Å². The van der Waals surface area contributed by atoms with Gasteiger partial charge in [-0.25, -0.2) is 0 Å². The highest BCUT2D eigenvalue weighted by molar-refractivity contribution is 4.86. The van der Waals surface area contributed by atoms with Crippen LogP contribution >= 0.6 is 0 Å². The van der Waals surface area contributed by atoms with Crippen LogP contribution in [0.3, 0.4) is 0 Å². The van der Waals surface area contributed by atoms with Crippen molar-refractivity contribution in [2.24, 2.45) is 17.8 Å². The average Bonchev–Trinajstić information content (AvgIpc) is 2.22. The van der Waals surface area contributed by atoms with Gasteiger partial charge >= 0.3 is 0 Å². The van der Waals surface area contributed by atoms with E-state index in [4.69, 9.17) is 4.74 Å². The highest BCUT2D eigenvalue weighted by Gasteiger charge is 2.33. The standard InChI is InChI=1S/C13H25NO/c1-15-8-7-13(12-9-14-10-12)11-5-3-2-4-6-11/h11-14H,2-10H2,1H3. The van der Waals surface area contributed by atoms with E-state index in [1.165, 1.54) is 51.6 Å². The van der Waals surface area contributed by atoms with Gasteiger partial charge in [0.2, 0.25) is 0 Å². The molecule has 1 N–H and O–H groups in total. The predicted molar refractivity (Wildman–Crippen MR) is 62.9 cm³/mol. The molecule has 1 unspecified atom stereocenters. The molecule has 1 heterocycles. The van der Waals surface area contributed by atoms with E-state index in [1.807, 2.05) is 7.11 Å². The molecule has 2 nitrogen and oxygen atoms in total. The smallest absolute Gasteiger partial charge is 0.0465 e. The molecule has 1 saturated carbocycles. The third kappa shape index (κ3) is 2.94. The highest BCUT2D eigenvalue weighted by atomic mass is 16.5. The summed E-state index contributed by atoms with van der Waals surface area (Å²) >= 11 is 0. The lowest BCUT2D eigenvalue weighted by Crippen LogP contribution is -2.48. The van der Waals surface area contributed by atoms with Crippen LogP contribution in [0.5, 0.6) is 0 Å². The third-order valence-corrected chi connectivity index (χ3v) is 4.33. The molecule has 0 aromatic heterocycles. The summed E-state index contributed by atoms with van der Waals surface area (Å²) in [6.45, 7) is 3.47. The van der Waals surface area contributed by atoms with Crippen LogP contribution in [0.2, 0.25) is 0 Å². The molecule has 2 rings (SSSR count). The maximum absolute atomic E-state index is 5.26. The summed E-state index contributed by atoms with van der Waals surface area (Å²) in [6, 6.07) is 0. The van der Waals surface area contributed by atoms with Gasteiger partial charge in [-0.3, -0.25) is 0 Å². The lowest BCUT2D eigenvalue weighted by Gasteiger charge is -2.41. The summed E-state index contributed by atoms with van der Waals surface area (Å²) in [4.78, 5) is 0. The van der Waals surface area contributed by atoms with E-state index in [1.54, 1.807) is 0 Å². The first kappa shape index (κ1) is 11.4. The fourth-order valence-corrected chi connectivity index (χ4v) is 3.29. The molecule has 0 radical (unpaired) electrons. The fraction of sp³-hybridized carbons (Fsp3) is 1.00. The van der Waals surface area contributed by atoms with Gasteiger partial charge in [0.1, 0.15) is 0 Å². The lowest BCUT2D eigenvalue weighted by atomic mass is 9.71. The summed E-state index contributed by atoms with van der Waals surface area (Å²) in [7, 11) is 1.83. The van der Waals surface area contributed by atoms with Gasteiger partial charge in [-0.1, -0.05) is 32.1 Å². The van der Waals surface area contributed by atoms with E-state index in [0.29, 0.717) is 0 Å². The Hall–Kier alpha value is -0.0800. The summed E-state index contributed by atoms with van der Waals surface area (Å²) in [5.41, 5.74) is 0. The number of hydrogen-bond acceptors (Lipinski definition) is 2. The molecule has 1 atom stereocenters. The van der Waals surface area contributed by atoms with Gasteiger partial charge in [-0.15, -0.1) is 0 Å². The quantitative estimate of drug-likeness (QED) is 0.754. The van der Waals surface area contributed by atoms with Gasteiger partial charge in [0.05, 0.1) is 0 Å². The van der Waals surface area contributed by atoms with Gasteiger partial charge in [0.15, 0.2) is 0 Å². The zero-order valence-electron chi connectivity index (χ0n) is 10.0. The number of hydrogen-bond donors (Lipinski definition) is 1. The molecule has 0 bridgehead atoms. The number of methoxy groups -OCH3 is 1. The van der Waals surface area contributed by atoms with Crippen molar-refractivity contribution in [3.05, 3.63) is 0 Å².